The van der Waals surface area contributed by atoms with E-state index in [1.165, 1.54) is 12.1 Å². The first kappa shape index (κ1) is 11.1. The van der Waals surface area contributed by atoms with Gasteiger partial charge in [-0.15, -0.1) is 0 Å². The highest BCUT2D eigenvalue weighted by atomic mass is 16.3. The number of rotatable bonds is 4. The Labute approximate surface area is 87.4 Å². The van der Waals surface area contributed by atoms with Gasteiger partial charge in [0.05, 0.1) is 11.6 Å². The van der Waals surface area contributed by atoms with Gasteiger partial charge in [-0.1, -0.05) is 0 Å². The Morgan fingerprint density at radius 3 is 2.73 bits per heavy atom. The van der Waals surface area contributed by atoms with Crippen molar-refractivity contribution in [2.45, 2.75) is 19.3 Å². The van der Waals surface area contributed by atoms with Crippen molar-refractivity contribution in [2.24, 2.45) is 0 Å². The van der Waals surface area contributed by atoms with Crippen LogP contribution in [-0.4, -0.2) is 16.0 Å². The molecule has 78 valence electrons. The summed E-state index contributed by atoms with van der Waals surface area (Å²) < 4.78 is 0. The van der Waals surface area contributed by atoms with Gasteiger partial charge in [0, 0.05) is 18.9 Å². The maximum Gasteiger partial charge on any atom is 0.166 e. The van der Waals surface area contributed by atoms with Gasteiger partial charge in [0.15, 0.2) is 5.78 Å². The molecule has 0 fully saturated rings. The highest BCUT2D eigenvalue weighted by Gasteiger charge is 2.10. The van der Waals surface area contributed by atoms with Gasteiger partial charge in [-0.05, 0) is 18.6 Å². The molecule has 1 rings (SSSR count). The minimum atomic E-state index is -0.225. The van der Waals surface area contributed by atoms with Crippen LogP contribution in [0, 0.1) is 11.3 Å². The lowest BCUT2D eigenvalue weighted by Crippen LogP contribution is -1.98. The average Bonchev–Trinajstić information content (AvgIpc) is 2.17. The Balaban J connectivity index is 2.70. The maximum absolute atomic E-state index is 11.5. The first-order valence-electron chi connectivity index (χ1n) is 4.57. The first-order valence-corrected chi connectivity index (χ1v) is 4.57. The fourth-order valence-corrected chi connectivity index (χ4v) is 1.22. The van der Waals surface area contributed by atoms with Gasteiger partial charge in [-0.3, -0.25) is 4.79 Å². The van der Waals surface area contributed by atoms with Crippen molar-refractivity contribution in [3.8, 4) is 17.6 Å². The molecular formula is C11H11NO3. The Hall–Kier alpha value is -2.02. The number of hydrogen-bond donors (Lipinski definition) is 2. The van der Waals surface area contributed by atoms with Crippen molar-refractivity contribution in [3.05, 3.63) is 23.8 Å². The van der Waals surface area contributed by atoms with Crippen LogP contribution in [0.5, 0.6) is 11.5 Å². The van der Waals surface area contributed by atoms with E-state index in [1.54, 1.807) is 0 Å². The number of aromatic hydroxyl groups is 2. The molecule has 0 aliphatic rings. The number of phenolic OH excluding ortho intramolecular Hbond substituents is 2. The molecule has 0 heterocycles. The van der Waals surface area contributed by atoms with Crippen molar-refractivity contribution in [1.29, 1.82) is 5.26 Å². The summed E-state index contributed by atoms with van der Waals surface area (Å²) in [4.78, 5) is 11.5. The molecular weight excluding hydrogens is 194 g/mol. The van der Waals surface area contributed by atoms with Crippen molar-refractivity contribution in [2.75, 3.05) is 0 Å². The fraction of sp³-hybridized carbons (Fsp3) is 0.273. The molecule has 0 radical (unpaired) electrons. The zero-order valence-electron chi connectivity index (χ0n) is 8.10. The molecule has 0 amide bonds. The summed E-state index contributed by atoms with van der Waals surface area (Å²) in [5, 5.41) is 26.7. The number of benzene rings is 1. The second-order valence-electron chi connectivity index (χ2n) is 3.14. The predicted molar refractivity (Wildman–Crippen MR) is 53.6 cm³/mol. The minimum absolute atomic E-state index is 0.0823. The van der Waals surface area contributed by atoms with Crippen LogP contribution in [0.1, 0.15) is 29.6 Å². The molecule has 1 aromatic rings. The third kappa shape index (κ3) is 2.99. The number of phenols is 2. The van der Waals surface area contributed by atoms with Crippen LogP contribution >= 0.6 is 0 Å². The van der Waals surface area contributed by atoms with Crippen LogP contribution < -0.4 is 0 Å². The number of ketones is 1. The van der Waals surface area contributed by atoms with E-state index in [0.29, 0.717) is 12.8 Å². The molecule has 0 bridgehead atoms. The van der Waals surface area contributed by atoms with Crippen LogP contribution in [-0.2, 0) is 0 Å². The van der Waals surface area contributed by atoms with Crippen molar-refractivity contribution in [1.82, 2.24) is 0 Å². The molecule has 0 aromatic heterocycles. The Kier molecular flexibility index (Phi) is 3.69. The van der Waals surface area contributed by atoms with E-state index in [0.717, 1.165) is 6.07 Å². The number of Topliss-reactive ketones (excluding diaryl/α,β-unsaturated/α-hetero) is 1. The molecule has 4 heteroatoms. The Morgan fingerprint density at radius 2 is 2.13 bits per heavy atom. The first-order chi connectivity index (χ1) is 7.15. The second-order valence-corrected chi connectivity index (χ2v) is 3.14. The van der Waals surface area contributed by atoms with Crippen molar-refractivity contribution < 1.29 is 15.0 Å². The molecule has 0 unspecified atom stereocenters. The Bertz CT molecular complexity index is 407. The van der Waals surface area contributed by atoms with E-state index in [-0.39, 0.29) is 29.3 Å². The lowest BCUT2D eigenvalue weighted by molar-refractivity contribution is 0.0978. The lowest BCUT2D eigenvalue weighted by Gasteiger charge is -2.02. The van der Waals surface area contributed by atoms with Gasteiger partial charge >= 0.3 is 0 Å². The van der Waals surface area contributed by atoms with Gasteiger partial charge in [0.25, 0.3) is 0 Å². The minimum Gasteiger partial charge on any atom is -0.508 e. The van der Waals surface area contributed by atoms with Crippen LogP contribution in [0.25, 0.3) is 0 Å². The van der Waals surface area contributed by atoms with Crippen LogP contribution in [0.3, 0.4) is 0 Å². The molecule has 0 saturated carbocycles. The summed E-state index contributed by atoms with van der Waals surface area (Å²) >= 11 is 0. The van der Waals surface area contributed by atoms with E-state index in [2.05, 4.69) is 0 Å². The highest BCUT2D eigenvalue weighted by Crippen LogP contribution is 2.24. The van der Waals surface area contributed by atoms with E-state index in [4.69, 9.17) is 10.4 Å². The second kappa shape index (κ2) is 5.01. The number of hydrogen-bond acceptors (Lipinski definition) is 4. The average molecular weight is 205 g/mol. The molecule has 0 aliphatic heterocycles. The third-order valence-corrected chi connectivity index (χ3v) is 1.97. The summed E-state index contributed by atoms with van der Waals surface area (Å²) in [7, 11) is 0. The van der Waals surface area contributed by atoms with Crippen LogP contribution in [0.2, 0.25) is 0 Å². The zero-order chi connectivity index (χ0) is 11.3. The third-order valence-electron chi connectivity index (χ3n) is 1.97. The smallest absolute Gasteiger partial charge is 0.166 e. The summed E-state index contributed by atoms with van der Waals surface area (Å²) in [5.74, 6) is -0.527. The molecule has 2 N–H and O–H groups in total. The fourth-order valence-electron chi connectivity index (χ4n) is 1.22. The summed E-state index contributed by atoms with van der Waals surface area (Å²) in [5.41, 5.74) is 0.186. The van der Waals surface area contributed by atoms with Crippen molar-refractivity contribution >= 4 is 5.78 Å². The lowest BCUT2D eigenvalue weighted by atomic mass is 10.0. The van der Waals surface area contributed by atoms with Gasteiger partial charge in [0.1, 0.15) is 11.5 Å². The van der Waals surface area contributed by atoms with Crippen LogP contribution in [0.4, 0.5) is 0 Å². The zero-order valence-corrected chi connectivity index (χ0v) is 8.10. The summed E-state index contributed by atoms with van der Waals surface area (Å²) in [6.07, 6.45) is 1.03. The monoisotopic (exact) mass is 205 g/mol. The topological polar surface area (TPSA) is 81.3 Å². The Morgan fingerprint density at radius 1 is 1.40 bits per heavy atom. The van der Waals surface area contributed by atoms with E-state index >= 15 is 0 Å². The molecule has 1 aromatic carbocycles. The molecule has 0 aliphatic carbocycles. The van der Waals surface area contributed by atoms with E-state index in [1.807, 2.05) is 6.07 Å². The largest absolute Gasteiger partial charge is 0.508 e. The number of nitriles is 1. The molecule has 0 atom stereocenters. The van der Waals surface area contributed by atoms with Crippen molar-refractivity contribution in [3.63, 3.8) is 0 Å². The molecule has 0 spiro atoms. The number of unbranched alkanes of at least 4 members (excludes halogenated alkanes) is 1. The highest BCUT2D eigenvalue weighted by molar-refractivity contribution is 5.98. The van der Waals surface area contributed by atoms with Gasteiger partial charge in [-0.2, -0.15) is 5.26 Å². The maximum atomic E-state index is 11.5. The van der Waals surface area contributed by atoms with Gasteiger partial charge < -0.3 is 10.2 Å². The molecule has 15 heavy (non-hydrogen) atoms. The van der Waals surface area contributed by atoms with E-state index in [9.17, 15) is 9.90 Å². The molecule has 0 saturated heterocycles. The summed E-state index contributed by atoms with van der Waals surface area (Å²) in [6, 6.07) is 5.78. The summed E-state index contributed by atoms with van der Waals surface area (Å²) in [6.45, 7) is 0. The normalized spacial score (nSPS) is 9.53. The van der Waals surface area contributed by atoms with Crippen LogP contribution in [0.15, 0.2) is 18.2 Å². The standard InChI is InChI=1S/C11H11NO3/c12-6-2-1-3-10(14)9-5-4-8(13)7-11(9)15/h4-5,7,13,15H,1-3H2. The number of nitrogens with zero attached hydrogens (tertiary/aromatic N) is 1. The van der Waals surface area contributed by atoms with Gasteiger partial charge in [-0.25, -0.2) is 0 Å². The predicted octanol–water partition coefficient (Wildman–Crippen LogP) is 1.97. The number of carbonyl (C=O) groups excluding carboxylic acids is 1. The molecule has 4 nitrogen and oxygen atoms in total. The SMILES string of the molecule is N#CCCCC(=O)c1ccc(O)cc1O. The quantitative estimate of drug-likeness (QED) is 0.581. The number of carbonyl (C=O) groups is 1. The van der Waals surface area contributed by atoms with E-state index < -0.39 is 0 Å². The van der Waals surface area contributed by atoms with Gasteiger partial charge in [0.2, 0.25) is 0 Å².